The number of hydrogen-bond acceptors (Lipinski definition) is 4. The Morgan fingerprint density at radius 2 is 2.06 bits per heavy atom. The van der Waals surface area contributed by atoms with Crippen LogP contribution >= 0.6 is 0 Å². The van der Waals surface area contributed by atoms with E-state index in [9.17, 15) is 9.90 Å². The van der Waals surface area contributed by atoms with Gasteiger partial charge in [0.15, 0.2) is 0 Å². The molecule has 2 heterocycles. The maximum atomic E-state index is 12.1. The molecule has 4 aliphatic rings. The summed E-state index contributed by atoms with van der Waals surface area (Å²) in [6, 6.07) is 0.363. The minimum absolute atomic E-state index is 0.00538. The van der Waals surface area contributed by atoms with Crippen LogP contribution in [0, 0.1) is 17.3 Å². The van der Waals surface area contributed by atoms with Gasteiger partial charge in [0.2, 0.25) is 0 Å². The molecule has 4 atom stereocenters. The molecule has 5 rings (SSSR count). The minimum atomic E-state index is -0.482. The molecule has 3 aliphatic carbocycles. The van der Waals surface area contributed by atoms with Crippen LogP contribution in [0.15, 0.2) is 30.2 Å². The number of aliphatic hydroxyl groups excluding tert-OH is 1. The predicted molar refractivity (Wildman–Crippen MR) is 119 cm³/mol. The first-order valence-electron chi connectivity index (χ1n) is 11.8. The van der Waals surface area contributed by atoms with Crippen LogP contribution in [0.2, 0.25) is 0 Å². The number of hydrogen-bond donors (Lipinski definition) is 2. The second-order valence-electron chi connectivity index (χ2n) is 11.1. The van der Waals surface area contributed by atoms with E-state index in [-0.39, 0.29) is 35.6 Å². The Kier molecular flexibility index (Phi) is 4.85. The summed E-state index contributed by atoms with van der Waals surface area (Å²) in [5.74, 6) is 0.743. The molecule has 0 aromatic carbocycles. The average Bonchev–Trinajstić information content (AvgIpc) is 3.28. The summed E-state index contributed by atoms with van der Waals surface area (Å²) in [6.07, 6.45) is 13.6. The Balaban J connectivity index is 1.25. The minimum Gasteiger partial charge on any atom is -0.444 e. The van der Waals surface area contributed by atoms with Gasteiger partial charge in [0.05, 0.1) is 30.4 Å². The van der Waals surface area contributed by atoms with Crippen LogP contribution in [0.1, 0.15) is 78.0 Å². The summed E-state index contributed by atoms with van der Waals surface area (Å²) < 4.78 is 7.70. The molecule has 168 valence electrons. The monoisotopic (exact) mass is 425 g/mol. The molecule has 0 saturated heterocycles. The topological polar surface area (TPSA) is 76.4 Å². The van der Waals surface area contributed by atoms with Crippen molar-refractivity contribution in [3.05, 3.63) is 35.9 Å². The molecule has 1 spiro atoms. The zero-order valence-corrected chi connectivity index (χ0v) is 19.1. The Labute approximate surface area is 184 Å². The van der Waals surface area contributed by atoms with Crippen molar-refractivity contribution in [2.24, 2.45) is 17.3 Å². The lowest BCUT2D eigenvalue weighted by molar-refractivity contribution is -0.153. The number of aromatic nitrogens is 2. The number of allylic oxidation sites excluding steroid dienone is 4. The third-order valence-electron chi connectivity index (χ3n) is 7.96. The van der Waals surface area contributed by atoms with Crippen LogP contribution in [0.3, 0.4) is 0 Å². The highest BCUT2D eigenvalue weighted by Gasteiger charge is 2.58. The van der Waals surface area contributed by atoms with Gasteiger partial charge in [-0.15, -0.1) is 0 Å². The Morgan fingerprint density at radius 3 is 2.74 bits per heavy atom. The van der Waals surface area contributed by atoms with Gasteiger partial charge >= 0.3 is 6.09 Å². The van der Waals surface area contributed by atoms with E-state index >= 15 is 0 Å². The lowest BCUT2D eigenvalue weighted by Gasteiger charge is -2.58. The maximum Gasteiger partial charge on any atom is 0.407 e. The van der Waals surface area contributed by atoms with Crippen LogP contribution in [0.5, 0.6) is 0 Å². The quantitative estimate of drug-likeness (QED) is 0.725. The molecule has 0 radical (unpaired) electrons. The molecule has 2 N–H and O–H groups in total. The normalized spacial score (nSPS) is 36.7. The predicted octanol–water partition coefficient (Wildman–Crippen LogP) is 4.62. The second-order valence-corrected chi connectivity index (χ2v) is 11.1. The van der Waals surface area contributed by atoms with Gasteiger partial charge in [-0.25, -0.2) is 9.78 Å². The van der Waals surface area contributed by atoms with E-state index in [0.717, 1.165) is 38.5 Å². The summed E-state index contributed by atoms with van der Waals surface area (Å²) in [4.78, 5) is 16.5. The standard InChI is InChI=1S/C25H35N3O3/c1-15-6-5-7-17-19-13-26-14-28(19)21(20(15)17)18-12-25(22(18)29)10-8-16(9-11-25)27-23(30)31-24(2,3)4/h5,7,13-16,18,21-22,29H,6,8-12H2,1-4H3,(H,27,30)/t15?,16?,18-,21+,22+,25?/m1/s1. The van der Waals surface area contributed by atoms with Crippen LogP contribution in [-0.2, 0) is 4.74 Å². The van der Waals surface area contributed by atoms with Gasteiger partial charge in [0.25, 0.3) is 0 Å². The Morgan fingerprint density at radius 1 is 1.32 bits per heavy atom. The van der Waals surface area contributed by atoms with E-state index < -0.39 is 5.60 Å². The highest BCUT2D eigenvalue weighted by Crippen LogP contribution is 2.61. The van der Waals surface area contributed by atoms with E-state index in [2.05, 4.69) is 33.9 Å². The van der Waals surface area contributed by atoms with Crippen molar-refractivity contribution in [2.45, 2.75) is 90.0 Å². The highest BCUT2D eigenvalue weighted by atomic mass is 16.6. The summed E-state index contributed by atoms with van der Waals surface area (Å²) >= 11 is 0. The van der Waals surface area contributed by atoms with Crippen LogP contribution in [0.4, 0.5) is 4.79 Å². The number of nitrogens with zero attached hydrogens (tertiary/aromatic N) is 2. The number of carbonyl (C=O) groups is 1. The molecule has 6 nitrogen and oxygen atoms in total. The molecule has 31 heavy (non-hydrogen) atoms. The Hall–Kier alpha value is -2.08. The maximum absolute atomic E-state index is 12.1. The summed E-state index contributed by atoms with van der Waals surface area (Å²) in [5.41, 5.74) is 3.51. The van der Waals surface area contributed by atoms with E-state index in [1.165, 1.54) is 16.8 Å². The van der Waals surface area contributed by atoms with E-state index in [0.29, 0.717) is 5.92 Å². The first-order chi connectivity index (χ1) is 14.7. The molecule has 1 aromatic rings. The number of rotatable bonds is 2. The van der Waals surface area contributed by atoms with Crippen molar-refractivity contribution < 1.29 is 14.6 Å². The zero-order valence-electron chi connectivity index (χ0n) is 19.1. The number of amides is 1. The fraction of sp³-hybridized carbons (Fsp3) is 0.680. The van der Waals surface area contributed by atoms with Crippen molar-refractivity contribution in [3.63, 3.8) is 0 Å². The van der Waals surface area contributed by atoms with Gasteiger partial charge in [-0.2, -0.15) is 0 Å². The SMILES string of the molecule is CC1CC=CC2=C1[C@H]([C@H]1CC3(CCC(NC(=O)OC(C)(C)C)CC3)[C@H]1O)n1cncc12. The largest absolute Gasteiger partial charge is 0.444 e. The van der Waals surface area contributed by atoms with E-state index in [1.54, 1.807) is 0 Å². The molecule has 1 aliphatic heterocycles. The average molecular weight is 426 g/mol. The van der Waals surface area contributed by atoms with Crippen molar-refractivity contribution in [2.75, 3.05) is 0 Å². The zero-order chi connectivity index (χ0) is 22.0. The van der Waals surface area contributed by atoms with Crippen molar-refractivity contribution >= 4 is 11.7 Å². The van der Waals surface area contributed by atoms with Gasteiger partial charge in [-0.1, -0.05) is 19.1 Å². The summed E-state index contributed by atoms with van der Waals surface area (Å²) in [5, 5.41) is 14.4. The molecule has 0 bridgehead atoms. The number of fused-ring (bicyclic) bond motifs is 2. The first-order valence-corrected chi connectivity index (χ1v) is 11.8. The lowest BCUT2D eigenvalue weighted by Crippen LogP contribution is -2.58. The fourth-order valence-corrected chi connectivity index (χ4v) is 6.48. The molecule has 6 heteroatoms. The number of alkyl carbamates (subject to hydrolysis) is 1. The first kappa shape index (κ1) is 20.8. The molecule has 1 aromatic heterocycles. The van der Waals surface area contributed by atoms with Crippen LogP contribution in [0.25, 0.3) is 5.57 Å². The number of nitrogens with one attached hydrogen (secondary N) is 1. The van der Waals surface area contributed by atoms with Gasteiger partial charge in [-0.3, -0.25) is 0 Å². The highest BCUT2D eigenvalue weighted by molar-refractivity contribution is 5.79. The third kappa shape index (κ3) is 3.43. The summed E-state index contributed by atoms with van der Waals surface area (Å²) in [6.45, 7) is 7.95. The Bertz CT molecular complexity index is 930. The molecule has 1 amide bonds. The number of carbonyl (C=O) groups excluding carboxylic acids is 1. The molecule has 1 unspecified atom stereocenters. The molecular formula is C25H35N3O3. The molecular weight excluding hydrogens is 390 g/mol. The van der Waals surface area contributed by atoms with Crippen LogP contribution in [-0.4, -0.2) is 38.5 Å². The van der Waals surface area contributed by atoms with Crippen molar-refractivity contribution in [1.29, 1.82) is 0 Å². The van der Waals surface area contributed by atoms with Gasteiger partial charge in [0, 0.05) is 17.5 Å². The second kappa shape index (κ2) is 7.22. The fourth-order valence-electron chi connectivity index (χ4n) is 6.48. The number of aliphatic hydroxyl groups is 1. The van der Waals surface area contributed by atoms with Gasteiger partial charge < -0.3 is 19.7 Å². The number of ether oxygens (including phenoxy) is 1. The van der Waals surface area contributed by atoms with E-state index in [4.69, 9.17) is 4.74 Å². The summed E-state index contributed by atoms with van der Waals surface area (Å²) in [7, 11) is 0. The molecule has 2 fully saturated rings. The smallest absolute Gasteiger partial charge is 0.407 e. The van der Waals surface area contributed by atoms with E-state index in [1.807, 2.05) is 33.3 Å². The van der Waals surface area contributed by atoms with Crippen molar-refractivity contribution in [3.8, 4) is 0 Å². The molecule has 2 saturated carbocycles. The lowest BCUT2D eigenvalue weighted by atomic mass is 9.50. The van der Waals surface area contributed by atoms with Crippen molar-refractivity contribution in [1.82, 2.24) is 14.9 Å². The number of imidazole rings is 1. The third-order valence-corrected chi connectivity index (χ3v) is 7.96. The van der Waals surface area contributed by atoms with Crippen LogP contribution < -0.4 is 5.32 Å². The van der Waals surface area contributed by atoms with Gasteiger partial charge in [-0.05, 0) is 76.2 Å². The van der Waals surface area contributed by atoms with Gasteiger partial charge in [0.1, 0.15) is 5.60 Å².